The number of aryl methyl sites for hydroxylation is 1. The number of anilines is 1. The summed E-state index contributed by atoms with van der Waals surface area (Å²) in [5.74, 6) is 1.77. The molecule has 1 aliphatic rings. The third kappa shape index (κ3) is 4.17. The second-order valence-corrected chi connectivity index (χ2v) is 7.03. The maximum Gasteiger partial charge on any atom is 0.132 e. The maximum atomic E-state index is 5.60. The Morgan fingerprint density at radius 3 is 2.81 bits per heavy atom. The van der Waals surface area contributed by atoms with Crippen LogP contribution in [-0.4, -0.2) is 36.8 Å². The topological polar surface area (TPSA) is 37.4 Å². The number of aromatic nitrogens is 1. The monoisotopic (exact) mass is 291 g/mol. The first-order valence-corrected chi connectivity index (χ1v) is 7.92. The van der Waals surface area contributed by atoms with E-state index in [1.165, 1.54) is 11.1 Å². The highest BCUT2D eigenvalue weighted by Crippen LogP contribution is 2.28. The quantitative estimate of drug-likeness (QED) is 0.905. The van der Waals surface area contributed by atoms with Crippen molar-refractivity contribution >= 4 is 5.82 Å². The molecule has 4 nitrogen and oxygen atoms in total. The molecule has 0 bridgehead atoms. The predicted octanol–water partition coefficient (Wildman–Crippen LogP) is 2.75. The molecule has 0 spiro atoms. The molecule has 1 saturated heterocycles. The van der Waals surface area contributed by atoms with Crippen LogP contribution >= 0.6 is 0 Å². The Morgan fingerprint density at radius 2 is 2.19 bits per heavy atom. The number of pyridine rings is 1. The Bertz CT molecular complexity index is 471. The molecule has 0 unspecified atom stereocenters. The fourth-order valence-electron chi connectivity index (χ4n) is 2.76. The van der Waals surface area contributed by atoms with E-state index in [4.69, 9.17) is 9.72 Å². The second kappa shape index (κ2) is 6.75. The van der Waals surface area contributed by atoms with Gasteiger partial charge in [0, 0.05) is 19.3 Å². The molecule has 21 heavy (non-hydrogen) atoms. The van der Waals surface area contributed by atoms with Gasteiger partial charge in [-0.25, -0.2) is 4.98 Å². The zero-order valence-corrected chi connectivity index (χ0v) is 14.1. The zero-order chi connectivity index (χ0) is 15.5. The summed E-state index contributed by atoms with van der Waals surface area (Å²) < 4.78 is 5.60. The van der Waals surface area contributed by atoms with E-state index in [2.05, 4.69) is 50.9 Å². The van der Waals surface area contributed by atoms with Crippen LogP contribution in [-0.2, 0) is 11.3 Å². The van der Waals surface area contributed by atoms with Crippen LogP contribution in [0.25, 0.3) is 0 Å². The van der Waals surface area contributed by atoms with E-state index < -0.39 is 0 Å². The van der Waals surface area contributed by atoms with E-state index in [-0.39, 0.29) is 5.54 Å². The van der Waals surface area contributed by atoms with E-state index in [9.17, 15) is 0 Å². The van der Waals surface area contributed by atoms with Crippen molar-refractivity contribution in [2.45, 2.75) is 46.7 Å². The van der Waals surface area contributed by atoms with E-state index in [1.807, 2.05) is 6.20 Å². The summed E-state index contributed by atoms with van der Waals surface area (Å²) in [6.45, 7) is 15.4. The highest BCUT2D eigenvalue weighted by atomic mass is 16.5. The minimum Gasteiger partial charge on any atom is -0.377 e. The second-order valence-electron chi connectivity index (χ2n) is 7.03. The SMILES string of the molecule is Cc1cc(CNCC(C)C)cnc1N1CCOCC1(C)C. The molecule has 0 amide bonds. The smallest absolute Gasteiger partial charge is 0.132 e. The molecule has 0 saturated carbocycles. The van der Waals surface area contributed by atoms with Crippen molar-refractivity contribution in [2.24, 2.45) is 5.92 Å². The summed E-state index contributed by atoms with van der Waals surface area (Å²) in [4.78, 5) is 7.10. The fourth-order valence-corrected chi connectivity index (χ4v) is 2.76. The van der Waals surface area contributed by atoms with Crippen molar-refractivity contribution in [3.8, 4) is 0 Å². The van der Waals surface area contributed by atoms with E-state index >= 15 is 0 Å². The molecule has 0 aliphatic carbocycles. The Labute approximate surface area is 128 Å². The number of nitrogens with one attached hydrogen (secondary N) is 1. The van der Waals surface area contributed by atoms with Crippen molar-refractivity contribution in [1.29, 1.82) is 0 Å². The largest absolute Gasteiger partial charge is 0.377 e. The number of morpholine rings is 1. The summed E-state index contributed by atoms with van der Waals surface area (Å²) in [6, 6.07) is 2.25. The molecule has 1 fully saturated rings. The molecule has 1 aromatic heterocycles. The van der Waals surface area contributed by atoms with E-state index in [0.29, 0.717) is 5.92 Å². The van der Waals surface area contributed by atoms with Crippen molar-refractivity contribution in [1.82, 2.24) is 10.3 Å². The van der Waals surface area contributed by atoms with Gasteiger partial charge in [0.05, 0.1) is 18.8 Å². The highest BCUT2D eigenvalue weighted by Gasteiger charge is 2.32. The number of ether oxygens (including phenoxy) is 1. The lowest BCUT2D eigenvalue weighted by molar-refractivity contribution is 0.0638. The lowest BCUT2D eigenvalue weighted by atomic mass is 10.0. The summed E-state index contributed by atoms with van der Waals surface area (Å²) in [6.07, 6.45) is 2.00. The molecule has 1 aromatic rings. The van der Waals surface area contributed by atoms with Gasteiger partial charge in [-0.2, -0.15) is 0 Å². The number of nitrogens with zero attached hydrogens (tertiary/aromatic N) is 2. The summed E-state index contributed by atoms with van der Waals surface area (Å²) in [7, 11) is 0. The highest BCUT2D eigenvalue weighted by molar-refractivity contribution is 5.50. The van der Waals surface area contributed by atoms with Gasteiger partial charge >= 0.3 is 0 Å². The van der Waals surface area contributed by atoms with Crippen LogP contribution in [0.5, 0.6) is 0 Å². The van der Waals surface area contributed by atoms with Crippen molar-refractivity contribution < 1.29 is 4.74 Å². The van der Waals surface area contributed by atoms with Crippen molar-refractivity contribution in [3.05, 3.63) is 23.4 Å². The van der Waals surface area contributed by atoms with Crippen LogP contribution in [0, 0.1) is 12.8 Å². The fraction of sp³-hybridized carbons (Fsp3) is 0.706. The molecule has 0 aromatic carbocycles. The summed E-state index contributed by atoms with van der Waals surface area (Å²) >= 11 is 0. The number of hydrogen-bond acceptors (Lipinski definition) is 4. The average Bonchev–Trinajstić information content (AvgIpc) is 2.39. The molecule has 1 aliphatic heterocycles. The Morgan fingerprint density at radius 1 is 1.43 bits per heavy atom. The van der Waals surface area contributed by atoms with Gasteiger partial charge in [-0.15, -0.1) is 0 Å². The number of rotatable bonds is 5. The van der Waals surface area contributed by atoms with Gasteiger partial charge in [-0.05, 0) is 50.4 Å². The van der Waals surface area contributed by atoms with Gasteiger partial charge in [0.2, 0.25) is 0 Å². The first-order chi connectivity index (χ1) is 9.90. The van der Waals surface area contributed by atoms with Gasteiger partial charge in [-0.1, -0.05) is 13.8 Å². The van der Waals surface area contributed by atoms with Gasteiger partial charge in [0.1, 0.15) is 5.82 Å². The van der Waals surface area contributed by atoms with Gasteiger partial charge < -0.3 is 15.0 Å². The zero-order valence-electron chi connectivity index (χ0n) is 14.1. The minimum absolute atomic E-state index is 0.00736. The molecule has 4 heteroatoms. The van der Waals surface area contributed by atoms with Crippen LogP contribution in [0.1, 0.15) is 38.8 Å². The molecule has 118 valence electrons. The third-order valence-corrected chi connectivity index (χ3v) is 3.89. The molecule has 0 atom stereocenters. The van der Waals surface area contributed by atoms with Crippen LogP contribution in [0.4, 0.5) is 5.82 Å². The standard InChI is InChI=1S/C17H29N3O/c1-13(2)9-18-10-15-8-14(3)16(19-11-15)20-6-7-21-12-17(20,4)5/h8,11,13,18H,6-7,9-10,12H2,1-5H3. The van der Waals surface area contributed by atoms with Gasteiger partial charge in [0.15, 0.2) is 0 Å². The molecular weight excluding hydrogens is 262 g/mol. The molecule has 2 heterocycles. The first-order valence-electron chi connectivity index (χ1n) is 7.92. The molecule has 1 N–H and O–H groups in total. The molecule has 2 rings (SSSR count). The Balaban J connectivity index is 2.08. The van der Waals surface area contributed by atoms with E-state index in [0.717, 1.165) is 38.7 Å². The van der Waals surface area contributed by atoms with E-state index in [1.54, 1.807) is 0 Å². The molecule has 0 radical (unpaired) electrons. The lowest BCUT2D eigenvalue weighted by Crippen LogP contribution is -2.53. The minimum atomic E-state index is 0.00736. The average molecular weight is 291 g/mol. The predicted molar refractivity (Wildman–Crippen MR) is 87.8 cm³/mol. The van der Waals surface area contributed by atoms with Gasteiger partial charge in [0.25, 0.3) is 0 Å². The third-order valence-electron chi connectivity index (χ3n) is 3.89. The van der Waals surface area contributed by atoms with Gasteiger partial charge in [-0.3, -0.25) is 0 Å². The normalized spacial score (nSPS) is 18.3. The maximum absolute atomic E-state index is 5.60. The number of hydrogen-bond donors (Lipinski definition) is 1. The Kier molecular flexibility index (Phi) is 5.22. The molecular formula is C17H29N3O. The summed E-state index contributed by atoms with van der Waals surface area (Å²) in [5, 5.41) is 3.47. The first kappa shape index (κ1) is 16.2. The van der Waals surface area contributed by atoms with Crippen molar-refractivity contribution in [3.63, 3.8) is 0 Å². The summed E-state index contributed by atoms with van der Waals surface area (Å²) in [5.41, 5.74) is 2.50. The van der Waals surface area contributed by atoms with Crippen LogP contribution in [0.3, 0.4) is 0 Å². The van der Waals surface area contributed by atoms with Crippen molar-refractivity contribution in [2.75, 3.05) is 31.2 Å². The van der Waals surface area contributed by atoms with Crippen LogP contribution in [0.2, 0.25) is 0 Å². The van der Waals surface area contributed by atoms with Crippen LogP contribution in [0.15, 0.2) is 12.3 Å². The van der Waals surface area contributed by atoms with Crippen LogP contribution < -0.4 is 10.2 Å². The Hall–Kier alpha value is -1.13. The lowest BCUT2D eigenvalue weighted by Gasteiger charge is -2.43.